The van der Waals surface area contributed by atoms with Crippen molar-refractivity contribution in [3.8, 4) is 12.3 Å². The zero-order chi connectivity index (χ0) is 10.8. The highest BCUT2D eigenvalue weighted by molar-refractivity contribution is 4.83. The fraction of sp³-hybridized carbons (Fsp3) is 0.800. The number of halogens is 2. The molecule has 0 saturated carbocycles. The van der Waals surface area contributed by atoms with Crippen LogP contribution >= 0.6 is 0 Å². The van der Waals surface area contributed by atoms with E-state index < -0.39 is 19.1 Å². The minimum atomic E-state index is -2.44. The van der Waals surface area contributed by atoms with Crippen LogP contribution in [0.1, 0.15) is 25.7 Å². The molecule has 0 aliphatic carbocycles. The molecule has 0 rings (SSSR count). The van der Waals surface area contributed by atoms with E-state index in [0.717, 1.165) is 6.42 Å². The normalized spacial score (nSPS) is 12.8. The van der Waals surface area contributed by atoms with Gasteiger partial charge in [0.25, 0.3) is 6.43 Å². The molecule has 0 heterocycles. The SMILES string of the molecule is C#CCCCC(O)CCOCC(F)F. The number of ether oxygens (including phenoxy) is 1. The molecule has 0 radical (unpaired) electrons. The zero-order valence-corrected chi connectivity index (χ0v) is 8.09. The molecule has 0 bridgehead atoms. The van der Waals surface area contributed by atoms with Crippen molar-refractivity contribution in [1.82, 2.24) is 0 Å². The van der Waals surface area contributed by atoms with E-state index in [4.69, 9.17) is 6.42 Å². The number of rotatable bonds is 8. The summed E-state index contributed by atoms with van der Waals surface area (Å²) in [5, 5.41) is 9.30. The van der Waals surface area contributed by atoms with E-state index in [2.05, 4.69) is 10.7 Å². The van der Waals surface area contributed by atoms with E-state index in [1.54, 1.807) is 0 Å². The molecule has 0 amide bonds. The summed E-state index contributed by atoms with van der Waals surface area (Å²) in [5.74, 6) is 2.46. The van der Waals surface area contributed by atoms with E-state index in [-0.39, 0.29) is 6.61 Å². The maximum atomic E-state index is 11.6. The average Bonchev–Trinajstić information content (AvgIpc) is 2.13. The van der Waals surface area contributed by atoms with Crippen LogP contribution < -0.4 is 0 Å². The van der Waals surface area contributed by atoms with Crippen molar-refractivity contribution < 1.29 is 18.6 Å². The molecule has 0 aromatic rings. The van der Waals surface area contributed by atoms with Crippen LogP contribution in [0.25, 0.3) is 0 Å². The number of terminal acetylenes is 1. The largest absolute Gasteiger partial charge is 0.393 e. The van der Waals surface area contributed by atoms with Crippen LogP contribution in [0.2, 0.25) is 0 Å². The zero-order valence-electron chi connectivity index (χ0n) is 8.09. The van der Waals surface area contributed by atoms with Gasteiger partial charge in [0.05, 0.1) is 6.10 Å². The molecule has 0 saturated heterocycles. The van der Waals surface area contributed by atoms with Crippen molar-refractivity contribution in [1.29, 1.82) is 0 Å². The first kappa shape index (κ1) is 13.3. The van der Waals surface area contributed by atoms with E-state index in [1.807, 2.05) is 0 Å². The van der Waals surface area contributed by atoms with Crippen LogP contribution in [0.5, 0.6) is 0 Å². The Hall–Kier alpha value is -0.660. The number of unbranched alkanes of at least 4 members (excludes halogenated alkanes) is 1. The van der Waals surface area contributed by atoms with Crippen LogP contribution in [0.4, 0.5) is 8.78 Å². The monoisotopic (exact) mass is 206 g/mol. The van der Waals surface area contributed by atoms with E-state index in [9.17, 15) is 13.9 Å². The van der Waals surface area contributed by atoms with Gasteiger partial charge in [0.1, 0.15) is 6.61 Å². The highest BCUT2D eigenvalue weighted by Gasteiger charge is 2.05. The van der Waals surface area contributed by atoms with E-state index >= 15 is 0 Å². The van der Waals surface area contributed by atoms with Crippen molar-refractivity contribution in [3.63, 3.8) is 0 Å². The predicted octanol–water partition coefficient (Wildman–Crippen LogP) is 1.82. The second-order valence-corrected chi connectivity index (χ2v) is 3.00. The summed E-state index contributed by atoms with van der Waals surface area (Å²) in [6.45, 7) is -0.390. The van der Waals surface area contributed by atoms with Crippen molar-refractivity contribution in [2.45, 2.75) is 38.2 Å². The quantitative estimate of drug-likeness (QED) is 0.485. The van der Waals surface area contributed by atoms with Crippen LogP contribution in [-0.2, 0) is 4.74 Å². The van der Waals surface area contributed by atoms with Gasteiger partial charge in [-0.05, 0) is 19.3 Å². The molecule has 0 aromatic heterocycles. The number of aliphatic hydroxyl groups is 1. The first-order chi connectivity index (χ1) is 6.66. The molecule has 1 N–H and O–H groups in total. The minimum absolute atomic E-state index is 0.168. The first-order valence-corrected chi connectivity index (χ1v) is 4.64. The molecule has 14 heavy (non-hydrogen) atoms. The average molecular weight is 206 g/mol. The molecule has 0 aromatic carbocycles. The van der Waals surface area contributed by atoms with Gasteiger partial charge in [0, 0.05) is 13.0 Å². The first-order valence-electron chi connectivity index (χ1n) is 4.64. The lowest BCUT2D eigenvalue weighted by atomic mass is 10.1. The third-order valence-electron chi connectivity index (χ3n) is 1.70. The standard InChI is InChI=1S/C10H16F2O2/c1-2-3-4-5-9(13)6-7-14-8-10(11)12/h1,9-10,13H,3-8H2. The summed E-state index contributed by atoms with van der Waals surface area (Å²) in [4.78, 5) is 0. The lowest BCUT2D eigenvalue weighted by Crippen LogP contribution is -2.12. The van der Waals surface area contributed by atoms with Gasteiger partial charge in [0.15, 0.2) is 0 Å². The Morgan fingerprint density at radius 2 is 2.07 bits per heavy atom. The van der Waals surface area contributed by atoms with Gasteiger partial charge in [-0.2, -0.15) is 0 Å². The van der Waals surface area contributed by atoms with Gasteiger partial charge in [-0.3, -0.25) is 0 Å². The van der Waals surface area contributed by atoms with Crippen molar-refractivity contribution in [2.75, 3.05) is 13.2 Å². The Morgan fingerprint density at radius 1 is 1.36 bits per heavy atom. The molecule has 0 spiro atoms. The fourth-order valence-electron chi connectivity index (χ4n) is 0.976. The van der Waals surface area contributed by atoms with Gasteiger partial charge >= 0.3 is 0 Å². The Bertz CT molecular complexity index is 166. The van der Waals surface area contributed by atoms with Crippen LogP contribution in [0.15, 0.2) is 0 Å². The third kappa shape index (κ3) is 9.43. The molecule has 0 aliphatic heterocycles. The van der Waals surface area contributed by atoms with E-state index in [0.29, 0.717) is 19.3 Å². The predicted molar refractivity (Wildman–Crippen MR) is 50.1 cm³/mol. The molecular formula is C10H16F2O2. The molecule has 1 atom stereocenters. The topological polar surface area (TPSA) is 29.5 Å². The van der Waals surface area contributed by atoms with Crippen molar-refractivity contribution >= 4 is 0 Å². The van der Waals surface area contributed by atoms with Gasteiger partial charge in [-0.1, -0.05) is 0 Å². The number of hydrogen-bond acceptors (Lipinski definition) is 2. The molecule has 0 fully saturated rings. The maximum absolute atomic E-state index is 11.6. The van der Waals surface area contributed by atoms with Gasteiger partial charge < -0.3 is 9.84 Å². The molecule has 0 aliphatic rings. The molecular weight excluding hydrogens is 190 g/mol. The lowest BCUT2D eigenvalue weighted by Gasteiger charge is -2.09. The summed E-state index contributed by atoms with van der Waals surface area (Å²) in [7, 11) is 0. The maximum Gasteiger partial charge on any atom is 0.261 e. The Labute approximate surface area is 83.3 Å². The second-order valence-electron chi connectivity index (χ2n) is 3.00. The van der Waals surface area contributed by atoms with Gasteiger partial charge in [-0.15, -0.1) is 12.3 Å². The third-order valence-corrected chi connectivity index (χ3v) is 1.70. The smallest absolute Gasteiger partial charge is 0.261 e. The number of alkyl halides is 2. The van der Waals surface area contributed by atoms with Crippen molar-refractivity contribution in [2.24, 2.45) is 0 Å². The van der Waals surface area contributed by atoms with Gasteiger partial charge in [-0.25, -0.2) is 8.78 Å². The van der Waals surface area contributed by atoms with Gasteiger partial charge in [0.2, 0.25) is 0 Å². The summed E-state index contributed by atoms with van der Waals surface area (Å²) < 4.78 is 27.8. The van der Waals surface area contributed by atoms with E-state index in [1.165, 1.54) is 0 Å². The molecule has 4 heteroatoms. The molecule has 82 valence electrons. The Morgan fingerprint density at radius 3 is 2.64 bits per heavy atom. The highest BCUT2D eigenvalue weighted by Crippen LogP contribution is 2.04. The van der Waals surface area contributed by atoms with Crippen LogP contribution in [-0.4, -0.2) is 30.8 Å². The fourth-order valence-corrected chi connectivity index (χ4v) is 0.976. The molecule has 2 nitrogen and oxygen atoms in total. The van der Waals surface area contributed by atoms with Crippen molar-refractivity contribution in [3.05, 3.63) is 0 Å². The summed E-state index contributed by atoms with van der Waals surface area (Å²) >= 11 is 0. The minimum Gasteiger partial charge on any atom is -0.393 e. The summed E-state index contributed by atoms with van der Waals surface area (Å²) in [6.07, 6.45) is 4.47. The van der Waals surface area contributed by atoms with Crippen LogP contribution in [0, 0.1) is 12.3 Å². The number of hydrogen-bond donors (Lipinski definition) is 1. The highest BCUT2D eigenvalue weighted by atomic mass is 19.3. The Balaban J connectivity index is 3.19. The molecule has 1 unspecified atom stereocenters. The second kappa shape index (κ2) is 8.92. The lowest BCUT2D eigenvalue weighted by molar-refractivity contribution is 0.00411. The summed E-state index contributed by atoms with van der Waals surface area (Å²) in [6, 6.07) is 0. The Kier molecular flexibility index (Phi) is 8.50. The number of aliphatic hydroxyl groups excluding tert-OH is 1. The van der Waals surface area contributed by atoms with Crippen LogP contribution in [0.3, 0.4) is 0 Å². The summed E-state index contributed by atoms with van der Waals surface area (Å²) in [5.41, 5.74) is 0.